The Balaban J connectivity index is 1.43. The van der Waals surface area contributed by atoms with Crippen molar-refractivity contribution in [1.82, 2.24) is 15.0 Å². The van der Waals surface area contributed by atoms with Crippen LogP contribution >= 0.6 is 11.3 Å². The summed E-state index contributed by atoms with van der Waals surface area (Å²) >= 11 is 1.59. The van der Waals surface area contributed by atoms with Gasteiger partial charge in [0.2, 0.25) is 5.91 Å². The van der Waals surface area contributed by atoms with Crippen LogP contribution in [0.4, 0.5) is 4.79 Å². The molecule has 3 heterocycles. The molecule has 0 aromatic carbocycles. The highest BCUT2D eigenvalue weighted by atomic mass is 32.1. The molecule has 2 aromatic rings. The van der Waals surface area contributed by atoms with Crippen LogP contribution in [0.3, 0.4) is 0 Å². The molecule has 26 heavy (non-hydrogen) atoms. The molecule has 7 nitrogen and oxygen atoms in total. The van der Waals surface area contributed by atoms with Crippen LogP contribution in [0.5, 0.6) is 0 Å². The smallest absolute Gasteiger partial charge is 0.409 e. The molecule has 0 atom stereocenters. The Bertz CT molecular complexity index is 789. The van der Waals surface area contributed by atoms with E-state index >= 15 is 0 Å². The lowest BCUT2D eigenvalue weighted by Crippen LogP contribution is -2.53. The predicted octanol–water partition coefficient (Wildman–Crippen LogP) is 2.74. The summed E-state index contributed by atoms with van der Waals surface area (Å²) in [5.74, 6) is 0.799. The van der Waals surface area contributed by atoms with Crippen LogP contribution in [0.15, 0.2) is 28.1 Å². The Morgan fingerprint density at radius 3 is 2.62 bits per heavy atom. The molecule has 2 aliphatic rings. The minimum absolute atomic E-state index is 0.0899. The second-order valence-corrected chi connectivity index (χ2v) is 7.56. The minimum atomic E-state index is -0.550. The highest BCUT2D eigenvalue weighted by Crippen LogP contribution is 2.50. The maximum atomic E-state index is 13.1. The second kappa shape index (κ2) is 6.75. The summed E-state index contributed by atoms with van der Waals surface area (Å²) in [6.07, 6.45) is 1.28. The van der Waals surface area contributed by atoms with Crippen molar-refractivity contribution in [2.75, 3.05) is 32.8 Å². The lowest BCUT2D eigenvalue weighted by Gasteiger charge is -2.35. The van der Waals surface area contributed by atoms with Gasteiger partial charge in [0.05, 0.1) is 22.6 Å². The highest BCUT2D eigenvalue weighted by Gasteiger charge is 2.55. The van der Waals surface area contributed by atoms with E-state index in [1.807, 2.05) is 28.5 Å². The normalized spacial score (nSPS) is 18.7. The van der Waals surface area contributed by atoms with Crippen molar-refractivity contribution in [2.24, 2.45) is 0 Å². The molecule has 2 amide bonds. The Morgan fingerprint density at radius 1 is 1.27 bits per heavy atom. The zero-order valence-electron chi connectivity index (χ0n) is 14.6. The minimum Gasteiger partial charge on any atom is -0.450 e. The molecule has 0 bridgehead atoms. The number of ether oxygens (including phenoxy) is 1. The summed E-state index contributed by atoms with van der Waals surface area (Å²) < 4.78 is 10.5. The number of nitrogens with zero attached hydrogens (tertiary/aromatic N) is 3. The molecule has 0 unspecified atom stereocenters. The van der Waals surface area contributed by atoms with Crippen LogP contribution in [0, 0.1) is 0 Å². The van der Waals surface area contributed by atoms with Gasteiger partial charge >= 0.3 is 6.09 Å². The Morgan fingerprint density at radius 2 is 2.00 bits per heavy atom. The van der Waals surface area contributed by atoms with E-state index in [0.29, 0.717) is 38.5 Å². The van der Waals surface area contributed by atoms with Gasteiger partial charge in [-0.15, -0.1) is 11.3 Å². The summed E-state index contributed by atoms with van der Waals surface area (Å²) in [5.41, 5.74) is 0.171. The van der Waals surface area contributed by atoms with Gasteiger partial charge in [-0.2, -0.15) is 0 Å². The molecule has 138 valence electrons. The van der Waals surface area contributed by atoms with Crippen molar-refractivity contribution in [1.29, 1.82) is 0 Å². The van der Waals surface area contributed by atoms with Gasteiger partial charge in [0.25, 0.3) is 0 Å². The number of carbonyl (C=O) groups is 2. The third-order valence-electron chi connectivity index (χ3n) is 5.02. The maximum absolute atomic E-state index is 13.1. The van der Waals surface area contributed by atoms with Crippen molar-refractivity contribution in [3.8, 4) is 10.6 Å². The van der Waals surface area contributed by atoms with Gasteiger partial charge in [0, 0.05) is 32.2 Å². The molecule has 4 rings (SSSR count). The molecule has 0 spiro atoms. The maximum Gasteiger partial charge on any atom is 0.409 e. The largest absolute Gasteiger partial charge is 0.450 e. The number of thiophene rings is 1. The lowest BCUT2D eigenvalue weighted by atomic mass is 9.99. The van der Waals surface area contributed by atoms with E-state index in [9.17, 15) is 9.59 Å². The highest BCUT2D eigenvalue weighted by molar-refractivity contribution is 7.13. The van der Waals surface area contributed by atoms with Crippen molar-refractivity contribution >= 4 is 23.3 Å². The first-order valence-corrected chi connectivity index (χ1v) is 9.74. The van der Waals surface area contributed by atoms with E-state index < -0.39 is 5.41 Å². The monoisotopic (exact) mass is 375 g/mol. The standard InChI is InChI=1S/C18H21N3O4S/c1-2-24-17(23)21-9-7-20(8-10-21)16(22)18(5-6-18)15-12-13(25-19-15)14-4-3-11-26-14/h3-4,11-12H,2,5-10H2,1H3. The summed E-state index contributed by atoms with van der Waals surface area (Å²) in [6.45, 7) is 4.20. The fourth-order valence-electron chi connectivity index (χ4n) is 3.35. The van der Waals surface area contributed by atoms with Gasteiger partial charge in [-0.25, -0.2) is 4.79 Å². The zero-order valence-corrected chi connectivity index (χ0v) is 15.5. The van der Waals surface area contributed by atoms with Gasteiger partial charge in [-0.05, 0) is 31.2 Å². The Kier molecular flexibility index (Phi) is 4.44. The first-order valence-electron chi connectivity index (χ1n) is 8.86. The van der Waals surface area contributed by atoms with E-state index in [2.05, 4.69) is 5.16 Å². The molecule has 1 saturated heterocycles. The lowest BCUT2D eigenvalue weighted by molar-refractivity contribution is -0.135. The van der Waals surface area contributed by atoms with Crippen molar-refractivity contribution in [3.63, 3.8) is 0 Å². The molecule has 2 aromatic heterocycles. The number of piperazine rings is 1. The number of amides is 2. The fourth-order valence-corrected chi connectivity index (χ4v) is 4.02. The number of aromatic nitrogens is 1. The first-order chi connectivity index (χ1) is 12.6. The third-order valence-corrected chi connectivity index (χ3v) is 5.90. The topological polar surface area (TPSA) is 75.9 Å². The number of hydrogen-bond acceptors (Lipinski definition) is 6. The summed E-state index contributed by atoms with van der Waals surface area (Å²) in [6, 6.07) is 5.83. The van der Waals surface area contributed by atoms with Crippen molar-refractivity contribution in [2.45, 2.75) is 25.2 Å². The predicted molar refractivity (Wildman–Crippen MR) is 95.9 cm³/mol. The Labute approximate surface area is 155 Å². The van der Waals surface area contributed by atoms with Gasteiger partial charge < -0.3 is 19.1 Å². The molecule has 8 heteroatoms. The van der Waals surface area contributed by atoms with Crippen LogP contribution in [-0.2, 0) is 14.9 Å². The number of carbonyl (C=O) groups excluding carboxylic acids is 2. The molecule has 1 aliphatic carbocycles. The number of rotatable bonds is 4. The quantitative estimate of drug-likeness (QED) is 0.821. The SMILES string of the molecule is CCOC(=O)N1CCN(C(=O)C2(c3cc(-c4cccs4)on3)CC2)CC1. The molecule has 1 saturated carbocycles. The van der Waals surface area contributed by atoms with Crippen LogP contribution in [-0.4, -0.2) is 59.7 Å². The van der Waals surface area contributed by atoms with Gasteiger partial charge in [-0.3, -0.25) is 4.79 Å². The van der Waals surface area contributed by atoms with E-state index in [1.54, 1.807) is 23.2 Å². The van der Waals surface area contributed by atoms with Gasteiger partial charge in [0.1, 0.15) is 0 Å². The average Bonchev–Trinajstić information content (AvgIpc) is 3.08. The summed E-state index contributed by atoms with van der Waals surface area (Å²) in [4.78, 5) is 29.4. The third kappa shape index (κ3) is 2.98. The number of hydrogen-bond donors (Lipinski definition) is 0. The van der Waals surface area contributed by atoms with Crippen LogP contribution in [0.2, 0.25) is 0 Å². The van der Waals surface area contributed by atoms with Crippen molar-refractivity contribution < 1.29 is 18.8 Å². The average molecular weight is 375 g/mol. The molecular formula is C18H21N3O4S. The van der Waals surface area contributed by atoms with E-state index in [0.717, 1.165) is 23.4 Å². The van der Waals surface area contributed by atoms with Crippen LogP contribution in [0.1, 0.15) is 25.5 Å². The summed E-state index contributed by atoms with van der Waals surface area (Å²) in [5, 5.41) is 6.17. The van der Waals surface area contributed by atoms with Crippen LogP contribution in [0.25, 0.3) is 10.6 Å². The van der Waals surface area contributed by atoms with E-state index in [4.69, 9.17) is 9.26 Å². The zero-order chi connectivity index (χ0) is 18.1. The van der Waals surface area contributed by atoms with E-state index in [-0.39, 0.29) is 12.0 Å². The van der Waals surface area contributed by atoms with Crippen molar-refractivity contribution in [3.05, 3.63) is 29.3 Å². The van der Waals surface area contributed by atoms with Gasteiger partial charge in [0.15, 0.2) is 5.76 Å². The van der Waals surface area contributed by atoms with E-state index in [1.165, 1.54) is 0 Å². The Hall–Kier alpha value is -2.35. The molecular weight excluding hydrogens is 354 g/mol. The molecule has 0 N–H and O–H groups in total. The fraction of sp³-hybridized carbons (Fsp3) is 0.500. The van der Waals surface area contributed by atoms with Gasteiger partial charge in [-0.1, -0.05) is 11.2 Å². The molecule has 1 aliphatic heterocycles. The second-order valence-electron chi connectivity index (χ2n) is 6.61. The van der Waals surface area contributed by atoms with Crippen LogP contribution < -0.4 is 0 Å². The molecule has 0 radical (unpaired) electrons. The molecule has 2 fully saturated rings. The first kappa shape index (κ1) is 17.1. The summed E-state index contributed by atoms with van der Waals surface area (Å²) in [7, 11) is 0.